The molecule has 7 nitrogen and oxygen atoms in total. The molecule has 0 radical (unpaired) electrons. The van der Waals surface area contributed by atoms with Gasteiger partial charge >= 0.3 is 12.1 Å². The summed E-state index contributed by atoms with van der Waals surface area (Å²) in [6, 6.07) is 7.06. The molecule has 0 bridgehead atoms. The predicted octanol–water partition coefficient (Wildman–Crippen LogP) is 4.33. The van der Waals surface area contributed by atoms with Gasteiger partial charge in [0.1, 0.15) is 0 Å². The Morgan fingerprint density at radius 2 is 1.87 bits per heavy atom. The second kappa shape index (κ2) is 7.77. The maximum atomic E-state index is 13.6. The van der Waals surface area contributed by atoms with Crippen molar-refractivity contribution in [1.82, 2.24) is 10.1 Å². The number of esters is 1. The molecular weight excluding hydrogens is 403 g/mol. The van der Waals surface area contributed by atoms with Crippen molar-refractivity contribution in [2.75, 3.05) is 11.9 Å². The number of benzene rings is 1. The number of amides is 1. The van der Waals surface area contributed by atoms with Gasteiger partial charge in [0.05, 0.1) is 22.3 Å². The van der Waals surface area contributed by atoms with Crippen LogP contribution in [-0.2, 0) is 21.1 Å². The highest BCUT2D eigenvalue weighted by molar-refractivity contribution is 5.99. The lowest BCUT2D eigenvalue weighted by atomic mass is 9.92. The zero-order valence-electron chi connectivity index (χ0n) is 16.3. The summed E-state index contributed by atoms with van der Waals surface area (Å²) in [5, 5.41) is 5.92. The highest BCUT2D eigenvalue weighted by Crippen LogP contribution is 2.37. The summed E-state index contributed by atoms with van der Waals surface area (Å²) < 4.78 is 50.5. The van der Waals surface area contributed by atoms with Gasteiger partial charge in [-0.3, -0.25) is 15.1 Å². The Hall–Kier alpha value is -3.43. The van der Waals surface area contributed by atoms with Crippen LogP contribution in [0.15, 0.2) is 41.1 Å². The number of anilines is 1. The minimum Gasteiger partial charge on any atom is -0.452 e. The molecule has 1 amide bonds. The summed E-state index contributed by atoms with van der Waals surface area (Å²) in [5.41, 5.74) is -1.58. The second-order valence-corrected chi connectivity index (χ2v) is 7.51. The number of carbonyl (C=O) groups is 2. The van der Waals surface area contributed by atoms with E-state index in [4.69, 9.17) is 9.26 Å². The Morgan fingerprint density at radius 1 is 1.17 bits per heavy atom. The molecule has 0 spiro atoms. The topological polar surface area (TPSA) is 94.3 Å². The number of carbonyl (C=O) groups excluding carboxylic acids is 2. The fourth-order valence-electron chi connectivity index (χ4n) is 2.67. The lowest BCUT2D eigenvalue weighted by Gasteiger charge is -2.14. The standard InChI is InChI=1S/C20H18F3N3O4/c1-19(2,3)14-8-16(30-26-14)25-15(27)10-29-18(28)12-9-24-13-7-5-4-6-11(13)17(12)20(21,22)23/h4-9H,10H2,1-3H3,(H,25,27). The van der Waals surface area contributed by atoms with Crippen LogP contribution in [0.3, 0.4) is 0 Å². The molecule has 30 heavy (non-hydrogen) atoms. The first-order valence-corrected chi connectivity index (χ1v) is 8.86. The molecule has 0 atom stereocenters. The number of alkyl halides is 3. The number of ether oxygens (including phenoxy) is 1. The van der Waals surface area contributed by atoms with Crippen LogP contribution >= 0.6 is 0 Å². The molecule has 0 aliphatic rings. The number of fused-ring (bicyclic) bond motifs is 1. The molecule has 1 N–H and O–H groups in total. The normalized spacial score (nSPS) is 12.1. The van der Waals surface area contributed by atoms with Gasteiger partial charge in [-0.05, 0) is 6.07 Å². The van der Waals surface area contributed by atoms with Gasteiger partial charge in [-0.2, -0.15) is 13.2 Å². The maximum Gasteiger partial charge on any atom is 0.417 e. The summed E-state index contributed by atoms with van der Waals surface area (Å²) in [7, 11) is 0. The smallest absolute Gasteiger partial charge is 0.417 e. The lowest BCUT2D eigenvalue weighted by molar-refractivity contribution is -0.136. The molecule has 0 saturated heterocycles. The third-order valence-corrected chi connectivity index (χ3v) is 4.15. The quantitative estimate of drug-likeness (QED) is 0.630. The Morgan fingerprint density at radius 3 is 2.50 bits per heavy atom. The highest BCUT2D eigenvalue weighted by atomic mass is 19.4. The van der Waals surface area contributed by atoms with E-state index in [1.807, 2.05) is 20.8 Å². The molecule has 3 aromatic rings. The van der Waals surface area contributed by atoms with E-state index in [0.29, 0.717) is 5.69 Å². The molecule has 1 aromatic carbocycles. The Kier molecular flexibility index (Phi) is 5.51. The molecule has 0 aliphatic carbocycles. The first-order chi connectivity index (χ1) is 14.0. The molecule has 2 aromatic heterocycles. The Bertz CT molecular complexity index is 1100. The number of para-hydroxylation sites is 1. The van der Waals surface area contributed by atoms with E-state index in [9.17, 15) is 22.8 Å². The fourth-order valence-corrected chi connectivity index (χ4v) is 2.67. The molecule has 3 rings (SSSR count). The van der Waals surface area contributed by atoms with Crippen molar-refractivity contribution in [3.8, 4) is 0 Å². The summed E-state index contributed by atoms with van der Waals surface area (Å²) in [5.74, 6) is -2.07. The van der Waals surface area contributed by atoms with Crippen LogP contribution in [0.5, 0.6) is 0 Å². The highest BCUT2D eigenvalue weighted by Gasteiger charge is 2.38. The van der Waals surface area contributed by atoms with Crippen LogP contribution in [0.2, 0.25) is 0 Å². The van der Waals surface area contributed by atoms with Gasteiger partial charge in [-0.25, -0.2) is 4.79 Å². The molecule has 0 fully saturated rings. The number of aromatic nitrogens is 2. The van der Waals surface area contributed by atoms with Crippen molar-refractivity contribution in [2.24, 2.45) is 0 Å². The second-order valence-electron chi connectivity index (χ2n) is 7.51. The average Bonchev–Trinajstić information content (AvgIpc) is 3.13. The van der Waals surface area contributed by atoms with Gasteiger partial charge in [0, 0.05) is 23.1 Å². The van der Waals surface area contributed by atoms with E-state index in [1.165, 1.54) is 30.3 Å². The largest absolute Gasteiger partial charge is 0.452 e. The molecule has 2 heterocycles. The Labute approximate surface area is 169 Å². The number of nitrogens with zero attached hydrogens (tertiary/aromatic N) is 2. The first-order valence-electron chi connectivity index (χ1n) is 8.86. The third kappa shape index (κ3) is 4.58. The monoisotopic (exact) mass is 421 g/mol. The van der Waals surface area contributed by atoms with Crippen molar-refractivity contribution < 1.29 is 32.0 Å². The summed E-state index contributed by atoms with van der Waals surface area (Å²) in [4.78, 5) is 28.1. The summed E-state index contributed by atoms with van der Waals surface area (Å²) in [6.45, 7) is 4.88. The summed E-state index contributed by atoms with van der Waals surface area (Å²) in [6.07, 6.45) is -4.03. The predicted molar refractivity (Wildman–Crippen MR) is 101 cm³/mol. The van der Waals surface area contributed by atoms with E-state index in [0.717, 1.165) is 6.20 Å². The number of pyridine rings is 1. The van der Waals surface area contributed by atoms with Gasteiger partial charge in [-0.1, -0.05) is 44.1 Å². The number of hydrogen-bond acceptors (Lipinski definition) is 6. The van der Waals surface area contributed by atoms with Crippen molar-refractivity contribution in [2.45, 2.75) is 32.4 Å². The zero-order chi connectivity index (χ0) is 22.1. The van der Waals surface area contributed by atoms with Crippen LogP contribution in [-0.4, -0.2) is 28.6 Å². The van der Waals surface area contributed by atoms with Gasteiger partial charge in [0.15, 0.2) is 6.61 Å². The number of halogens is 3. The van der Waals surface area contributed by atoms with Gasteiger partial charge in [-0.15, -0.1) is 0 Å². The number of hydrogen-bond donors (Lipinski definition) is 1. The minimum atomic E-state index is -4.82. The number of nitrogens with one attached hydrogen (secondary N) is 1. The van der Waals surface area contributed by atoms with E-state index >= 15 is 0 Å². The summed E-state index contributed by atoms with van der Waals surface area (Å²) >= 11 is 0. The van der Waals surface area contributed by atoms with Crippen LogP contribution in [0.1, 0.15) is 42.4 Å². The maximum absolute atomic E-state index is 13.6. The fraction of sp³-hybridized carbons (Fsp3) is 0.300. The van der Waals surface area contributed by atoms with Crippen molar-refractivity contribution in [3.63, 3.8) is 0 Å². The number of rotatable bonds is 4. The first kappa shape index (κ1) is 21.3. The van der Waals surface area contributed by atoms with Crippen molar-refractivity contribution >= 4 is 28.7 Å². The molecule has 0 saturated carbocycles. The van der Waals surface area contributed by atoms with Gasteiger partial charge in [0.25, 0.3) is 5.91 Å². The van der Waals surface area contributed by atoms with E-state index in [-0.39, 0.29) is 22.2 Å². The van der Waals surface area contributed by atoms with Crippen LogP contribution in [0.4, 0.5) is 19.1 Å². The molecule has 158 valence electrons. The van der Waals surface area contributed by atoms with Gasteiger partial charge < -0.3 is 9.26 Å². The average molecular weight is 421 g/mol. The van der Waals surface area contributed by atoms with Crippen LogP contribution in [0.25, 0.3) is 10.9 Å². The minimum absolute atomic E-state index is 0.0318. The molecule has 0 aliphatic heterocycles. The van der Waals surface area contributed by atoms with Crippen molar-refractivity contribution in [1.29, 1.82) is 0 Å². The van der Waals surface area contributed by atoms with E-state index < -0.39 is 35.8 Å². The Balaban J connectivity index is 1.74. The lowest BCUT2D eigenvalue weighted by Crippen LogP contribution is -2.22. The van der Waals surface area contributed by atoms with Gasteiger partial charge in [0.2, 0.25) is 5.88 Å². The van der Waals surface area contributed by atoms with Crippen molar-refractivity contribution in [3.05, 3.63) is 53.3 Å². The third-order valence-electron chi connectivity index (χ3n) is 4.15. The van der Waals surface area contributed by atoms with E-state index in [2.05, 4.69) is 15.5 Å². The van der Waals surface area contributed by atoms with E-state index in [1.54, 1.807) is 0 Å². The van der Waals surface area contributed by atoms with Crippen LogP contribution < -0.4 is 5.32 Å². The SMILES string of the molecule is CC(C)(C)c1cc(NC(=O)COC(=O)c2cnc3ccccc3c2C(F)(F)F)on1. The molecule has 10 heteroatoms. The van der Waals surface area contributed by atoms with Crippen LogP contribution in [0, 0.1) is 0 Å². The zero-order valence-corrected chi connectivity index (χ0v) is 16.3. The molecule has 0 unspecified atom stereocenters. The molecular formula is C20H18F3N3O4.